The average molecular weight is 239 g/mol. The molecule has 0 aliphatic carbocycles. The Morgan fingerprint density at radius 3 is 2.72 bits per heavy atom. The first-order valence-electron chi connectivity index (χ1n) is 5.80. The Hall–Kier alpha value is -2.36. The normalized spacial score (nSPS) is 11.0. The van der Waals surface area contributed by atoms with Crippen LogP contribution in [0.3, 0.4) is 0 Å². The van der Waals surface area contributed by atoms with Crippen molar-refractivity contribution < 1.29 is 0 Å². The number of hydrogen-bond donors (Lipinski definition) is 2. The fourth-order valence-electron chi connectivity index (χ4n) is 2.32. The van der Waals surface area contributed by atoms with Crippen molar-refractivity contribution in [2.24, 2.45) is 0 Å². The van der Waals surface area contributed by atoms with E-state index >= 15 is 0 Å². The highest BCUT2D eigenvalue weighted by atomic mass is 16.1. The van der Waals surface area contributed by atoms with E-state index < -0.39 is 0 Å². The Morgan fingerprint density at radius 1 is 1.17 bits per heavy atom. The molecule has 0 spiro atoms. The molecule has 4 nitrogen and oxygen atoms in total. The van der Waals surface area contributed by atoms with E-state index in [2.05, 4.69) is 15.2 Å². The van der Waals surface area contributed by atoms with Crippen LogP contribution in [0.5, 0.6) is 0 Å². The molecule has 18 heavy (non-hydrogen) atoms. The van der Waals surface area contributed by atoms with E-state index in [9.17, 15) is 4.79 Å². The quantitative estimate of drug-likeness (QED) is 0.685. The first-order chi connectivity index (χ1) is 8.66. The highest BCUT2D eigenvalue weighted by molar-refractivity contribution is 5.87. The van der Waals surface area contributed by atoms with Crippen LogP contribution in [-0.2, 0) is 0 Å². The van der Waals surface area contributed by atoms with Gasteiger partial charge in [-0.1, -0.05) is 6.07 Å². The number of aromatic nitrogens is 3. The average Bonchev–Trinajstić information content (AvgIpc) is 2.69. The SMILES string of the molecule is Cc1n[nH]c(C)c1-c1ccc2c(=O)[nH]ccc2c1. The maximum atomic E-state index is 11.6. The van der Waals surface area contributed by atoms with Gasteiger partial charge in [0.05, 0.1) is 5.69 Å². The molecule has 2 heterocycles. The summed E-state index contributed by atoms with van der Waals surface area (Å²) in [5.74, 6) is 0. The Bertz CT molecular complexity index is 764. The van der Waals surface area contributed by atoms with E-state index in [1.54, 1.807) is 6.20 Å². The zero-order valence-electron chi connectivity index (χ0n) is 10.2. The summed E-state index contributed by atoms with van der Waals surface area (Å²) in [5.41, 5.74) is 4.14. The molecule has 90 valence electrons. The lowest BCUT2D eigenvalue weighted by molar-refractivity contribution is 1.02. The Labute approximate surface area is 104 Å². The van der Waals surface area contributed by atoms with Crippen molar-refractivity contribution in [3.8, 4) is 11.1 Å². The minimum Gasteiger partial charge on any atom is -0.329 e. The van der Waals surface area contributed by atoms with Crippen LogP contribution in [0.15, 0.2) is 35.3 Å². The largest absolute Gasteiger partial charge is 0.329 e. The Kier molecular flexibility index (Phi) is 2.30. The smallest absolute Gasteiger partial charge is 0.255 e. The van der Waals surface area contributed by atoms with Gasteiger partial charge in [-0.15, -0.1) is 0 Å². The van der Waals surface area contributed by atoms with Gasteiger partial charge in [-0.25, -0.2) is 0 Å². The van der Waals surface area contributed by atoms with Crippen LogP contribution >= 0.6 is 0 Å². The van der Waals surface area contributed by atoms with Gasteiger partial charge in [-0.05, 0) is 43.0 Å². The van der Waals surface area contributed by atoms with Crippen LogP contribution in [0.25, 0.3) is 21.9 Å². The summed E-state index contributed by atoms with van der Waals surface area (Å²) < 4.78 is 0. The van der Waals surface area contributed by atoms with Crippen LogP contribution in [0.1, 0.15) is 11.4 Å². The van der Waals surface area contributed by atoms with Gasteiger partial charge in [0.1, 0.15) is 0 Å². The lowest BCUT2D eigenvalue weighted by Crippen LogP contribution is -2.03. The summed E-state index contributed by atoms with van der Waals surface area (Å²) in [5, 5.41) is 8.82. The van der Waals surface area contributed by atoms with Crippen molar-refractivity contribution in [2.75, 3.05) is 0 Å². The van der Waals surface area contributed by atoms with Gasteiger partial charge in [0.2, 0.25) is 0 Å². The topological polar surface area (TPSA) is 61.5 Å². The van der Waals surface area contributed by atoms with Crippen LogP contribution in [0, 0.1) is 13.8 Å². The van der Waals surface area contributed by atoms with E-state index in [0.29, 0.717) is 5.39 Å². The minimum absolute atomic E-state index is 0.0558. The van der Waals surface area contributed by atoms with E-state index in [1.807, 2.05) is 38.1 Å². The molecule has 1 aromatic carbocycles. The van der Waals surface area contributed by atoms with Gasteiger partial charge < -0.3 is 4.98 Å². The van der Waals surface area contributed by atoms with Gasteiger partial charge in [-0.2, -0.15) is 5.10 Å². The second-order valence-electron chi connectivity index (χ2n) is 4.42. The number of H-pyrrole nitrogens is 2. The maximum absolute atomic E-state index is 11.6. The number of rotatable bonds is 1. The van der Waals surface area contributed by atoms with Crippen LogP contribution in [0.4, 0.5) is 0 Å². The molecule has 0 atom stereocenters. The van der Waals surface area contributed by atoms with E-state index in [1.165, 1.54) is 0 Å². The molecule has 0 fully saturated rings. The van der Waals surface area contributed by atoms with Crippen molar-refractivity contribution in [1.29, 1.82) is 0 Å². The predicted octanol–water partition coefficient (Wildman–Crippen LogP) is 2.54. The number of fused-ring (bicyclic) bond motifs is 1. The third kappa shape index (κ3) is 1.54. The molecule has 0 saturated carbocycles. The number of nitrogens with one attached hydrogen (secondary N) is 2. The number of aryl methyl sites for hydroxylation is 2. The van der Waals surface area contributed by atoms with E-state index in [0.717, 1.165) is 27.9 Å². The van der Waals surface area contributed by atoms with Gasteiger partial charge in [0, 0.05) is 22.8 Å². The maximum Gasteiger partial charge on any atom is 0.255 e. The molecule has 4 heteroatoms. The molecular formula is C14H13N3O. The number of nitrogens with zero attached hydrogens (tertiary/aromatic N) is 1. The Morgan fingerprint density at radius 2 is 2.00 bits per heavy atom. The second-order valence-corrected chi connectivity index (χ2v) is 4.42. The first kappa shape index (κ1) is 10.8. The zero-order valence-corrected chi connectivity index (χ0v) is 10.2. The number of hydrogen-bond acceptors (Lipinski definition) is 2. The van der Waals surface area contributed by atoms with Crippen LogP contribution in [0.2, 0.25) is 0 Å². The van der Waals surface area contributed by atoms with Crippen molar-refractivity contribution in [3.63, 3.8) is 0 Å². The Balaban J connectivity index is 2.30. The van der Waals surface area contributed by atoms with E-state index in [-0.39, 0.29) is 5.56 Å². The first-order valence-corrected chi connectivity index (χ1v) is 5.80. The fraction of sp³-hybridized carbons (Fsp3) is 0.143. The molecule has 2 aromatic heterocycles. The number of aromatic amines is 2. The summed E-state index contributed by atoms with van der Waals surface area (Å²) in [6, 6.07) is 7.75. The van der Waals surface area contributed by atoms with Gasteiger partial charge in [0.25, 0.3) is 5.56 Å². The van der Waals surface area contributed by atoms with Gasteiger partial charge in [-0.3, -0.25) is 9.89 Å². The molecule has 0 saturated heterocycles. The summed E-state index contributed by atoms with van der Waals surface area (Å²) >= 11 is 0. The molecule has 0 unspecified atom stereocenters. The molecule has 0 aliphatic rings. The summed E-state index contributed by atoms with van der Waals surface area (Å²) in [7, 11) is 0. The van der Waals surface area contributed by atoms with Gasteiger partial charge >= 0.3 is 0 Å². The van der Waals surface area contributed by atoms with Gasteiger partial charge in [0.15, 0.2) is 0 Å². The highest BCUT2D eigenvalue weighted by Crippen LogP contribution is 2.27. The lowest BCUT2D eigenvalue weighted by Gasteiger charge is -2.03. The standard InChI is InChI=1S/C14H13N3O/c1-8-13(9(2)17-16-8)11-3-4-12-10(7-11)5-6-15-14(12)18/h3-7H,1-2H3,(H,15,18)(H,16,17). The lowest BCUT2D eigenvalue weighted by atomic mass is 10.0. The molecular weight excluding hydrogens is 226 g/mol. The van der Waals surface area contributed by atoms with Crippen molar-refractivity contribution in [2.45, 2.75) is 13.8 Å². The van der Waals surface area contributed by atoms with Crippen molar-refractivity contribution >= 4 is 10.8 Å². The molecule has 0 radical (unpaired) electrons. The summed E-state index contributed by atoms with van der Waals surface area (Å²) in [4.78, 5) is 14.3. The van der Waals surface area contributed by atoms with Crippen molar-refractivity contribution in [1.82, 2.24) is 15.2 Å². The molecule has 3 rings (SSSR count). The third-order valence-corrected chi connectivity index (χ3v) is 3.19. The fourth-order valence-corrected chi connectivity index (χ4v) is 2.32. The molecule has 0 bridgehead atoms. The molecule has 2 N–H and O–H groups in total. The summed E-state index contributed by atoms with van der Waals surface area (Å²) in [6.45, 7) is 3.97. The monoisotopic (exact) mass is 239 g/mol. The molecule has 3 aromatic rings. The third-order valence-electron chi connectivity index (χ3n) is 3.19. The zero-order chi connectivity index (χ0) is 12.7. The molecule has 0 amide bonds. The highest BCUT2D eigenvalue weighted by Gasteiger charge is 2.09. The van der Waals surface area contributed by atoms with E-state index in [4.69, 9.17) is 0 Å². The van der Waals surface area contributed by atoms with Crippen molar-refractivity contribution in [3.05, 3.63) is 52.2 Å². The molecule has 0 aliphatic heterocycles. The van der Waals surface area contributed by atoms with Crippen LogP contribution < -0.4 is 5.56 Å². The minimum atomic E-state index is -0.0558. The number of benzene rings is 1. The summed E-state index contributed by atoms with van der Waals surface area (Å²) in [6.07, 6.45) is 1.67. The number of pyridine rings is 1. The second kappa shape index (κ2) is 3.84. The van der Waals surface area contributed by atoms with Crippen LogP contribution in [-0.4, -0.2) is 15.2 Å². The predicted molar refractivity (Wildman–Crippen MR) is 71.6 cm³/mol.